The van der Waals surface area contributed by atoms with Crippen molar-refractivity contribution < 1.29 is 9.47 Å². The summed E-state index contributed by atoms with van der Waals surface area (Å²) in [5.74, 6) is 1.91. The van der Waals surface area contributed by atoms with E-state index < -0.39 is 0 Å². The maximum atomic E-state index is 5.46. The quantitative estimate of drug-likeness (QED) is 0.802. The molecule has 2 aromatic rings. The van der Waals surface area contributed by atoms with Crippen LogP contribution in [-0.4, -0.2) is 11.9 Å². The van der Waals surface area contributed by atoms with Gasteiger partial charge in [-0.3, -0.25) is 0 Å². The summed E-state index contributed by atoms with van der Waals surface area (Å²) in [6.07, 6.45) is 0. The second-order valence-corrected chi connectivity index (χ2v) is 6.25. The van der Waals surface area contributed by atoms with Gasteiger partial charge < -0.3 is 20.1 Å². The molecule has 0 aliphatic carbocycles. The second kappa shape index (κ2) is 6.46. The van der Waals surface area contributed by atoms with E-state index >= 15 is 0 Å². The lowest BCUT2D eigenvalue weighted by atomic mass is 9.98. The fraction of sp³-hybridized carbons (Fsp3) is 0.278. The SMILES string of the molecule is Cc1cccc(C(C)C)c1NC(=S)Nc1ccc2c(c1)OCO2. The molecule has 0 aromatic heterocycles. The van der Waals surface area contributed by atoms with Crippen molar-refractivity contribution in [2.75, 3.05) is 17.4 Å². The van der Waals surface area contributed by atoms with Gasteiger partial charge in [0.15, 0.2) is 16.6 Å². The van der Waals surface area contributed by atoms with Gasteiger partial charge in [0.2, 0.25) is 6.79 Å². The van der Waals surface area contributed by atoms with Gasteiger partial charge in [0.05, 0.1) is 0 Å². The van der Waals surface area contributed by atoms with Crippen molar-refractivity contribution in [1.82, 2.24) is 0 Å². The van der Waals surface area contributed by atoms with Crippen LogP contribution in [0.4, 0.5) is 11.4 Å². The number of anilines is 2. The largest absolute Gasteiger partial charge is 0.454 e. The number of rotatable bonds is 3. The molecule has 1 aliphatic rings. The van der Waals surface area contributed by atoms with Crippen LogP contribution in [0.15, 0.2) is 36.4 Å². The summed E-state index contributed by atoms with van der Waals surface area (Å²) >= 11 is 5.46. The van der Waals surface area contributed by atoms with Crippen molar-refractivity contribution in [2.45, 2.75) is 26.7 Å². The first-order valence-electron chi connectivity index (χ1n) is 7.62. The third kappa shape index (κ3) is 3.40. The van der Waals surface area contributed by atoms with E-state index in [4.69, 9.17) is 21.7 Å². The first-order chi connectivity index (χ1) is 11.0. The molecule has 0 bridgehead atoms. The van der Waals surface area contributed by atoms with E-state index in [-0.39, 0.29) is 6.79 Å². The van der Waals surface area contributed by atoms with E-state index in [0.717, 1.165) is 22.9 Å². The van der Waals surface area contributed by atoms with E-state index in [1.54, 1.807) is 0 Å². The van der Waals surface area contributed by atoms with Crippen LogP contribution in [0.5, 0.6) is 11.5 Å². The number of nitrogens with one attached hydrogen (secondary N) is 2. The highest BCUT2D eigenvalue weighted by Crippen LogP contribution is 2.34. The Balaban J connectivity index is 1.75. The van der Waals surface area contributed by atoms with Gasteiger partial charge in [-0.25, -0.2) is 0 Å². The van der Waals surface area contributed by atoms with Gasteiger partial charge in [-0.05, 0) is 48.3 Å². The molecule has 0 unspecified atom stereocenters. The van der Waals surface area contributed by atoms with Crippen LogP contribution in [0.2, 0.25) is 0 Å². The Kier molecular flexibility index (Phi) is 4.39. The van der Waals surface area contributed by atoms with Crippen LogP contribution in [0, 0.1) is 6.92 Å². The van der Waals surface area contributed by atoms with Gasteiger partial charge in [-0.2, -0.15) is 0 Å². The van der Waals surface area contributed by atoms with Crippen molar-refractivity contribution in [2.24, 2.45) is 0 Å². The van der Waals surface area contributed by atoms with Gasteiger partial charge in [-0.1, -0.05) is 32.0 Å². The molecule has 0 fully saturated rings. The second-order valence-electron chi connectivity index (χ2n) is 5.84. The average molecular weight is 328 g/mol. The number of para-hydroxylation sites is 1. The van der Waals surface area contributed by atoms with E-state index in [1.165, 1.54) is 11.1 Å². The number of thiocarbonyl (C=S) groups is 1. The van der Waals surface area contributed by atoms with Crippen LogP contribution < -0.4 is 20.1 Å². The predicted octanol–water partition coefficient (Wildman–Crippen LogP) is 4.66. The van der Waals surface area contributed by atoms with E-state index in [9.17, 15) is 0 Å². The lowest BCUT2D eigenvalue weighted by Gasteiger charge is -2.18. The molecule has 23 heavy (non-hydrogen) atoms. The highest BCUT2D eigenvalue weighted by Gasteiger charge is 2.14. The minimum absolute atomic E-state index is 0.266. The first kappa shape index (κ1) is 15.6. The van der Waals surface area contributed by atoms with Crippen molar-refractivity contribution in [1.29, 1.82) is 0 Å². The number of ether oxygens (including phenoxy) is 2. The summed E-state index contributed by atoms with van der Waals surface area (Å²) in [4.78, 5) is 0. The maximum absolute atomic E-state index is 5.46. The van der Waals surface area contributed by atoms with Crippen LogP contribution in [0.1, 0.15) is 30.9 Å². The van der Waals surface area contributed by atoms with Gasteiger partial charge in [-0.15, -0.1) is 0 Å². The Bertz CT molecular complexity index is 744. The number of hydrogen-bond donors (Lipinski definition) is 2. The Hall–Kier alpha value is -2.27. The lowest BCUT2D eigenvalue weighted by molar-refractivity contribution is 0.174. The average Bonchev–Trinajstić information content (AvgIpc) is 2.96. The van der Waals surface area contributed by atoms with Gasteiger partial charge in [0.1, 0.15) is 0 Å². The van der Waals surface area contributed by atoms with Crippen molar-refractivity contribution >= 4 is 28.7 Å². The minimum Gasteiger partial charge on any atom is -0.454 e. The first-order valence-corrected chi connectivity index (χ1v) is 8.02. The Morgan fingerprint density at radius 2 is 1.87 bits per heavy atom. The topological polar surface area (TPSA) is 42.5 Å². The monoisotopic (exact) mass is 328 g/mol. The van der Waals surface area contributed by atoms with E-state index in [0.29, 0.717) is 11.0 Å². The Morgan fingerprint density at radius 3 is 2.65 bits per heavy atom. The molecule has 0 amide bonds. The summed E-state index contributed by atoms with van der Waals surface area (Å²) in [5, 5.41) is 7.08. The third-order valence-corrected chi connectivity index (χ3v) is 4.00. The lowest BCUT2D eigenvalue weighted by Crippen LogP contribution is -2.20. The summed E-state index contributed by atoms with van der Waals surface area (Å²) in [5.41, 5.74) is 4.36. The molecule has 2 N–H and O–H groups in total. The number of hydrogen-bond acceptors (Lipinski definition) is 3. The molecule has 5 heteroatoms. The molecule has 2 aromatic carbocycles. The zero-order valence-electron chi connectivity index (χ0n) is 13.5. The predicted molar refractivity (Wildman–Crippen MR) is 97.7 cm³/mol. The summed E-state index contributed by atoms with van der Waals surface area (Å²) < 4.78 is 10.7. The van der Waals surface area contributed by atoms with Crippen LogP contribution in [0.25, 0.3) is 0 Å². The van der Waals surface area contributed by atoms with E-state index in [2.05, 4.69) is 49.6 Å². The molecule has 0 saturated heterocycles. The Morgan fingerprint density at radius 1 is 1.09 bits per heavy atom. The summed E-state index contributed by atoms with van der Waals surface area (Å²) in [6.45, 7) is 6.70. The molecule has 0 radical (unpaired) electrons. The Labute approximate surface area is 141 Å². The van der Waals surface area contributed by atoms with Crippen LogP contribution >= 0.6 is 12.2 Å². The van der Waals surface area contributed by atoms with Gasteiger partial charge in [0, 0.05) is 17.4 Å². The molecular formula is C18H20N2O2S. The molecule has 3 rings (SSSR count). The van der Waals surface area contributed by atoms with Crippen molar-refractivity contribution in [3.8, 4) is 11.5 Å². The maximum Gasteiger partial charge on any atom is 0.231 e. The van der Waals surface area contributed by atoms with Crippen LogP contribution in [0.3, 0.4) is 0 Å². The van der Waals surface area contributed by atoms with Gasteiger partial charge in [0.25, 0.3) is 0 Å². The molecule has 1 heterocycles. The number of benzene rings is 2. The molecule has 1 aliphatic heterocycles. The highest BCUT2D eigenvalue weighted by molar-refractivity contribution is 7.80. The molecule has 4 nitrogen and oxygen atoms in total. The standard InChI is InChI=1S/C18H20N2O2S/c1-11(2)14-6-4-5-12(3)17(14)20-18(23)19-13-7-8-15-16(9-13)22-10-21-15/h4-9,11H,10H2,1-3H3,(H2,19,20,23). The minimum atomic E-state index is 0.266. The van der Waals surface area contributed by atoms with Gasteiger partial charge >= 0.3 is 0 Å². The normalized spacial score (nSPS) is 12.3. The molecule has 0 atom stereocenters. The van der Waals surface area contributed by atoms with E-state index in [1.807, 2.05) is 18.2 Å². The zero-order valence-corrected chi connectivity index (χ0v) is 14.3. The number of fused-ring (bicyclic) bond motifs is 1. The summed E-state index contributed by atoms with van der Waals surface area (Å²) in [7, 11) is 0. The molecular weight excluding hydrogens is 308 g/mol. The third-order valence-electron chi connectivity index (χ3n) is 3.80. The highest BCUT2D eigenvalue weighted by atomic mass is 32.1. The number of aryl methyl sites for hydroxylation is 1. The van der Waals surface area contributed by atoms with Crippen molar-refractivity contribution in [3.63, 3.8) is 0 Å². The fourth-order valence-electron chi connectivity index (χ4n) is 2.59. The molecule has 120 valence electrons. The summed E-state index contributed by atoms with van der Waals surface area (Å²) in [6, 6.07) is 12.0. The molecule has 0 spiro atoms. The molecule has 0 saturated carbocycles. The smallest absolute Gasteiger partial charge is 0.231 e. The fourth-order valence-corrected chi connectivity index (χ4v) is 2.81. The zero-order chi connectivity index (χ0) is 16.4. The van der Waals surface area contributed by atoms with Crippen molar-refractivity contribution in [3.05, 3.63) is 47.5 Å². The van der Waals surface area contributed by atoms with Crippen LogP contribution in [-0.2, 0) is 0 Å².